The summed E-state index contributed by atoms with van der Waals surface area (Å²) in [6.07, 6.45) is 1.50. The third kappa shape index (κ3) is 3.04. The number of ether oxygens (including phenoxy) is 1. The van der Waals surface area contributed by atoms with Gasteiger partial charge in [0.2, 0.25) is 0 Å². The van der Waals surface area contributed by atoms with Gasteiger partial charge < -0.3 is 4.74 Å². The maximum absolute atomic E-state index is 12.7. The number of aromatic nitrogens is 2. The number of esters is 1. The average Bonchev–Trinajstić information content (AvgIpc) is 3.06. The van der Waals surface area contributed by atoms with Gasteiger partial charge in [-0.05, 0) is 31.5 Å². The normalized spacial score (nSPS) is 11.1. The van der Waals surface area contributed by atoms with Crippen LogP contribution in [0.15, 0.2) is 23.3 Å². The fraction of sp³-hybridized carbons (Fsp3) is 0.267. The first-order valence-electron chi connectivity index (χ1n) is 6.91. The van der Waals surface area contributed by atoms with Gasteiger partial charge in [-0.25, -0.2) is 9.78 Å². The van der Waals surface area contributed by atoms with Crippen LogP contribution in [-0.4, -0.2) is 22.1 Å². The Bertz CT molecular complexity index is 942. The summed E-state index contributed by atoms with van der Waals surface area (Å²) in [4.78, 5) is 30.9. The number of thiophene rings is 2. The number of fused-ring (bicyclic) bond motifs is 1. The summed E-state index contributed by atoms with van der Waals surface area (Å²) in [5, 5.41) is 0.475. The zero-order valence-corrected chi connectivity index (χ0v) is 14.8. The van der Waals surface area contributed by atoms with Crippen molar-refractivity contribution in [1.29, 1.82) is 0 Å². The molecule has 0 bridgehead atoms. The van der Waals surface area contributed by atoms with Crippen LogP contribution in [0, 0.1) is 6.92 Å². The fourth-order valence-corrected chi connectivity index (χ4v) is 4.39. The van der Waals surface area contributed by atoms with Crippen LogP contribution < -0.4 is 5.56 Å². The molecule has 0 aliphatic heterocycles. The summed E-state index contributed by atoms with van der Waals surface area (Å²) in [5.74, 6) is -0.413. The summed E-state index contributed by atoms with van der Waals surface area (Å²) >= 11 is 8.53. The smallest absolute Gasteiger partial charge is 0.348 e. The number of aryl methyl sites for hydroxylation is 1. The predicted molar refractivity (Wildman–Crippen MR) is 93.0 cm³/mol. The van der Waals surface area contributed by atoms with E-state index in [0.29, 0.717) is 38.1 Å². The van der Waals surface area contributed by atoms with Gasteiger partial charge in [-0.15, -0.1) is 22.7 Å². The van der Waals surface area contributed by atoms with E-state index in [1.807, 2.05) is 6.07 Å². The SMILES string of the molecule is CCOC(=O)c1sc2ncn(Cc3ccc(Cl)s3)c(=O)c2c1C. The molecule has 8 heteroatoms. The van der Waals surface area contributed by atoms with E-state index in [1.165, 1.54) is 33.6 Å². The first-order chi connectivity index (χ1) is 11.0. The van der Waals surface area contributed by atoms with Gasteiger partial charge in [0.15, 0.2) is 0 Å². The summed E-state index contributed by atoms with van der Waals surface area (Å²) in [6.45, 7) is 4.20. The molecule has 0 spiro atoms. The van der Waals surface area contributed by atoms with Crippen LogP contribution in [0.25, 0.3) is 10.2 Å². The molecule has 5 nitrogen and oxygen atoms in total. The minimum absolute atomic E-state index is 0.163. The Balaban J connectivity index is 2.06. The third-order valence-electron chi connectivity index (χ3n) is 3.33. The predicted octanol–water partition coefficient (Wildman–Crippen LogP) is 3.71. The van der Waals surface area contributed by atoms with E-state index in [4.69, 9.17) is 16.3 Å². The second-order valence-corrected chi connectivity index (χ2v) is 7.64. The highest BCUT2D eigenvalue weighted by Gasteiger charge is 2.20. The third-order valence-corrected chi connectivity index (χ3v) is 5.73. The van der Waals surface area contributed by atoms with E-state index in [0.717, 1.165) is 4.88 Å². The molecule has 3 aromatic heterocycles. The summed E-state index contributed by atoms with van der Waals surface area (Å²) in [7, 11) is 0. The Morgan fingerprint density at radius 1 is 1.39 bits per heavy atom. The van der Waals surface area contributed by atoms with Crippen molar-refractivity contribution in [2.75, 3.05) is 6.61 Å². The van der Waals surface area contributed by atoms with Gasteiger partial charge in [0, 0.05) is 4.88 Å². The van der Waals surface area contributed by atoms with Crippen molar-refractivity contribution in [3.8, 4) is 0 Å². The lowest BCUT2D eigenvalue weighted by Gasteiger charge is -2.03. The summed E-state index contributed by atoms with van der Waals surface area (Å²) < 4.78 is 7.23. The van der Waals surface area contributed by atoms with Crippen molar-refractivity contribution in [2.24, 2.45) is 0 Å². The number of carbonyl (C=O) groups is 1. The molecule has 0 N–H and O–H groups in total. The molecule has 0 unspecified atom stereocenters. The molecular weight excluding hydrogens is 356 g/mol. The number of hydrogen-bond donors (Lipinski definition) is 0. The van der Waals surface area contributed by atoms with Gasteiger partial charge in [0.1, 0.15) is 9.71 Å². The van der Waals surface area contributed by atoms with Crippen LogP contribution in [0.5, 0.6) is 0 Å². The Hall–Kier alpha value is -1.70. The number of hydrogen-bond acceptors (Lipinski definition) is 6. The van der Waals surface area contributed by atoms with E-state index < -0.39 is 5.97 Å². The molecule has 0 aromatic carbocycles. The zero-order valence-electron chi connectivity index (χ0n) is 12.5. The standard InChI is InChI=1S/C15H13ClN2O3S2/c1-3-21-15(20)12-8(2)11-13(23-12)17-7-18(14(11)19)6-9-4-5-10(16)22-9/h4-5,7H,3,6H2,1-2H3. The van der Waals surface area contributed by atoms with Crippen LogP contribution in [0.1, 0.15) is 27.0 Å². The highest BCUT2D eigenvalue weighted by atomic mass is 35.5. The first-order valence-corrected chi connectivity index (χ1v) is 8.92. The highest BCUT2D eigenvalue weighted by molar-refractivity contribution is 7.20. The van der Waals surface area contributed by atoms with Crippen LogP contribution in [-0.2, 0) is 11.3 Å². The molecule has 3 rings (SSSR count). The van der Waals surface area contributed by atoms with Crippen molar-refractivity contribution in [3.05, 3.63) is 48.5 Å². The Labute approximate surface area is 145 Å². The molecule has 0 saturated heterocycles. The topological polar surface area (TPSA) is 61.2 Å². The lowest BCUT2D eigenvalue weighted by molar-refractivity contribution is 0.0531. The monoisotopic (exact) mass is 368 g/mol. The zero-order chi connectivity index (χ0) is 16.6. The molecule has 0 amide bonds. The van der Waals surface area contributed by atoms with E-state index in [2.05, 4.69) is 4.98 Å². The van der Waals surface area contributed by atoms with Gasteiger partial charge in [0.05, 0.1) is 29.2 Å². The minimum Gasteiger partial charge on any atom is -0.462 e. The molecule has 3 heterocycles. The van der Waals surface area contributed by atoms with Gasteiger partial charge in [-0.1, -0.05) is 11.6 Å². The van der Waals surface area contributed by atoms with Gasteiger partial charge in [-0.2, -0.15) is 0 Å². The molecular formula is C15H13ClN2O3S2. The molecule has 0 radical (unpaired) electrons. The maximum Gasteiger partial charge on any atom is 0.348 e. The van der Waals surface area contributed by atoms with Gasteiger partial charge in [-0.3, -0.25) is 9.36 Å². The van der Waals surface area contributed by atoms with E-state index in [9.17, 15) is 9.59 Å². The van der Waals surface area contributed by atoms with Crippen LogP contribution in [0.4, 0.5) is 0 Å². The molecule has 3 aromatic rings. The van der Waals surface area contributed by atoms with E-state index in [1.54, 1.807) is 19.9 Å². The minimum atomic E-state index is -0.413. The highest BCUT2D eigenvalue weighted by Crippen LogP contribution is 2.28. The van der Waals surface area contributed by atoms with Crippen molar-refractivity contribution in [1.82, 2.24) is 9.55 Å². The van der Waals surface area contributed by atoms with Crippen LogP contribution in [0.3, 0.4) is 0 Å². The van der Waals surface area contributed by atoms with Crippen molar-refractivity contribution in [2.45, 2.75) is 20.4 Å². The quantitative estimate of drug-likeness (QED) is 0.659. The van der Waals surface area contributed by atoms with Crippen LogP contribution in [0.2, 0.25) is 4.34 Å². The van der Waals surface area contributed by atoms with Crippen LogP contribution >= 0.6 is 34.3 Å². The molecule has 0 aliphatic carbocycles. The lowest BCUT2D eigenvalue weighted by Crippen LogP contribution is -2.20. The second-order valence-electron chi connectivity index (χ2n) is 4.84. The van der Waals surface area contributed by atoms with Gasteiger partial charge in [0.25, 0.3) is 5.56 Å². The Kier molecular flexibility index (Phi) is 4.52. The summed E-state index contributed by atoms with van der Waals surface area (Å²) in [5.41, 5.74) is 0.461. The number of carbonyl (C=O) groups excluding carboxylic acids is 1. The molecule has 0 atom stereocenters. The van der Waals surface area contributed by atoms with Crippen molar-refractivity contribution < 1.29 is 9.53 Å². The van der Waals surface area contributed by atoms with E-state index in [-0.39, 0.29) is 5.56 Å². The Morgan fingerprint density at radius 3 is 2.83 bits per heavy atom. The van der Waals surface area contributed by atoms with E-state index >= 15 is 0 Å². The maximum atomic E-state index is 12.7. The van der Waals surface area contributed by atoms with Gasteiger partial charge >= 0.3 is 5.97 Å². The number of nitrogens with zero attached hydrogens (tertiary/aromatic N) is 2. The largest absolute Gasteiger partial charge is 0.462 e. The fourth-order valence-electron chi connectivity index (χ4n) is 2.27. The van der Waals surface area contributed by atoms with Crippen molar-refractivity contribution in [3.63, 3.8) is 0 Å². The Morgan fingerprint density at radius 2 is 2.17 bits per heavy atom. The molecule has 0 saturated carbocycles. The second kappa shape index (κ2) is 6.43. The number of rotatable bonds is 4. The lowest BCUT2D eigenvalue weighted by atomic mass is 10.2. The first kappa shape index (κ1) is 16.2. The molecule has 0 fully saturated rings. The molecule has 0 aliphatic rings. The summed E-state index contributed by atoms with van der Waals surface area (Å²) in [6, 6.07) is 3.68. The van der Waals surface area contributed by atoms with Crippen molar-refractivity contribution >= 4 is 50.5 Å². The molecule has 23 heavy (non-hydrogen) atoms. The number of halogens is 1. The average molecular weight is 369 g/mol. The molecule has 120 valence electrons.